The van der Waals surface area contributed by atoms with Crippen molar-refractivity contribution in [1.29, 1.82) is 0 Å². The van der Waals surface area contributed by atoms with Crippen molar-refractivity contribution in [2.45, 2.75) is 44.9 Å². The summed E-state index contributed by atoms with van der Waals surface area (Å²) in [5.74, 6) is -0.104. The topological polar surface area (TPSA) is 69.9 Å². The van der Waals surface area contributed by atoms with Crippen LogP contribution >= 0.6 is 23.2 Å². The Balaban J connectivity index is 1.73. The van der Waals surface area contributed by atoms with Crippen molar-refractivity contribution in [3.8, 4) is 0 Å². The Morgan fingerprint density at radius 2 is 1.74 bits per heavy atom. The first-order chi connectivity index (χ1) is 16.2. The fourth-order valence-corrected chi connectivity index (χ4v) is 4.78. The number of alkyl halides is 1. The molecule has 0 radical (unpaired) electrons. The molecule has 184 valence electrons. The second-order valence-corrected chi connectivity index (χ2v) is 9.61. The molecule has 1 fully saturated rings. The monoisotopic (exact) mass is 508 g/mol. The molecule has 0 spiro atoms. The minimum Gasteiger partial charge on any atom is -0.351 e. The molecule has 3 amide bonds. The van der Waals surface area contributed by atoms with Crippen LogP contribution in [0, 0.1) is 5.82 Å². The molecule has 1 saturated heterocycles. The lowest BCUT2D eigenvalue weighted by Gasteiger charge is -2.45. The summed E-state index contributed by atoms with van der Waals surface area (Å²) in [6, 6.07) is 12.5. The highest BCUT2D eigenvalue weighted by atomic mass is 35.5. The molecule has 1 aliphatic rings. The van der Waals surface area contributed by atoms with Gasteiger partial charge in [0.15, 0.2) is 0 Å². The third kappa shape index (κ3) is 6.62. The number of nitrogens with zero attached hydrogens (tertiary/aromatic N) is 3. The predicted molar refractivity (Wildman–Crippen MR) is 133 cm³/mol. The van der Waals surface area contributed by atoms with E-state index in [9.17, 15) is 14.0 Å². The number of halogens is 3. The van der Waals surface area contributed by atoms with Crippen molar-refractivity contribution in [2.24, 2.45) is 5.73 Å². The zero-order valence-corrected chi connectivity index (χ0v) is 21.0. The van der Waals surface area contributed by atoms with Gasteiger partial charge in [-0.2, -0.15) is 0 Å². The van der Waals surface area contributed by atoms with Crippen molar-refractivity contribution in [3.63, 3.8) is 0 Å². The smallest absolute Gasteiger partial charge is 0.315 e. The van der Waals surface area contributed by atoms with Gasteiger partial charge in [-0.25, -0.2) is 9.18 Å². The van der Waals surface area contributed by atoms with E-state index in [1.807, 2.05) is 11.8 Å². The summed E-state index contributed by atoms with van der Waals surface area (Å²) < 4.78 is 13.2. The van der Waals surface area contributed by atoms with E-state index >= 15 is 0 Å². The Morgan fingerprint density at radius 1 is 1.09 bits per heavy atom. The first-order valence-electron chi connectivity index (χ1n) is 11.3. The highest BCUT2D eigenvalue weighted by Gasteiger charge is 2.34. The second-order valence-electron chi connectivity index (χ2n) is 8.79. The molecule has 3 unspecified atom stereocenters. The van der Waals surface area contributed by atoms with Crippen molar-refractivity contribution < 1.29 is 14.0 Å². The average Bonchev–Trinajstić information content (AvgIpc) is 2.80. The van der Waals surface area contributed by atoms with Gasteiger partial charge in [-0.1, -0.05) is 35.9 Å². The minimum absolute atomic E-state index is 0.0231. The van der Waals surface area contributed by atoms with Gasteiger partial charge in [0, 0.05) is 49.2 Å². The Morgan fingerprint density at radius 3 is 2.32 bits per heavy atom. The van der Waals surface area contributed by atoms with Gasteiger partial charge in [-0.3, -0.25) is 9.69 Å². The van der Waals surface area contributed by atoms with Crippen LogP contribution in [-0.2, 0) is 11.3 Å². The molecular formula is C25H31Cl2FN4O2. The first kappa shape index (κ1) is 26.3. The number of nitrogens with two attached hydrogens (primary N) is 1. The summed E-state index contributed by atoms with van der Waals surface area (Å²) in [5.41, 5.74) is 7.45. The highest BCUT2D eigenvalue weighted by molar-refractivity contribution is 6.30. The number of amides is 3. The molecule has 0 aliphatic carbocycles. The van der Waals surface area contributed by atoms with E-state index in [1.54, 1.807) is 36.4 Å². The van der Waals surface area contributed by atoms with Gasteiger partial charge in [0.05, 0.1) is 12.5 Å². The van der Waals surface area contributed by atoms with Crippen LogP contribution in [0.5, 0.6) is 0 Å². The van der Waals surface area contributed by atoms with Crippen molar-refractivity contribution in [3.05, 3.63) is 70.5 Å². The van der Waals surface area contributed by atoms with E-state index < -0.39 is 12.1 Å². The summed E-state index contributed by atoms with van der Waals surface area (Å²) in [4.78, 5) is 31.3. The predicted octanol–water partition coefficient (Wildman–Crippen LogP) is 4.65. The Bertz CT molecular complexity index is 974. The van der Waals surface area contributed by atoms with Crippen LogP contribution in [0.15, 0.2) is 48.5 Å². The van der Waals surface area contributed by atoms with Gasteiger partial charge in [-0.15, -0.1) is 11.6 Å². The van der Waals surface area contributed by atoms with Crippen LogP contribution in [-0.4, -0.2) is 64.2 Å². The lowest BCUT2D eigenvalue weighted by molar-refractivity contribution is -0.138. The van der Waals surface area contributed by atoms with Gasteiger partial charge in [0.2, 0.25) is 5.91 Å². The van der Waals surface area contributed by atoms with E-state index in [4.69, 9.17) is 28.9 Å². The number of benzene rings is 2. The van der Waals surface area contributed by atoms with Crippen molar-refractivity contribution >= 4 is 35.1 Å². The number of primary amides is 1. The number of rotatable bonds is 8. The summed E-state index contributed by atoms with van der Waals surface area (Å²) in [6.45, 7) is 6.26. The van der Waals surface area contributed by atoms with Crippen LogP contribution < -0.4 is 5.73 Å². The average molecular weight is 509 g/mol. The largest absolute Gasteiger partial charge is 0.351 e. The van der Waals surface area contributed by atoms with E-state index in [2.05, 4.69) is 11.8 Å². The number of piperazine rings is 1. The molecule has 9 heteroatoms. The SMILES string of the molecule is CC1CN(C(=O)CC(c2ccc(Cl)cc2)N(CCCl)C(N)=O)C(C)CN1Cc1ccc(F)cc1. The number of carbonyl (C=O) groups excluding carboxylic acids is 2. The van der Waals surface area contributed by atoms with E-state index in [-0.39, 0.29) is 42.7 Å². The fourth-order valence-electron chi connectivity index (χ4n) is 4.48. The van der Waals surface area contributed by atoms with Crippen LogP contribution in [0.2, 0.25) is 5.02 Å². The van der Waals surface area contributed by atoms with E-state index in [0.717, 1.165) is 11.1 Å². The van der Waals surface area contributed by atoms with Crippen LogP contribution in [0.1, 0.15) is 37.4 Å². The Kier molecular flexibility index (Phi) is 9.17. The third-order valence-electron chi connectivity index (χ3n) is 6.34. The Labute approximate surface area is 210 Å². The molecule has 34 heavy (non-hydrogen) atoms. The molecule has 1 aliphatic heterocycles. The van der Waals surface area contributed by atoms with Crippen molar-refractivity contribution in [2.75, 3.05) is 25.5 Å². The number of hydrogen-bond donors (Lipinski definition) is 1. The Hall–Kier alpha value is -2.35. The first-order valence-corrected chi connectivity index (χ1v) is 12.3. The summed E-state index contributed by atoms with van der Waals surface area (Å²) in [5, 5.41) is 0.566. The maximum absolute atomic E-state index is 13.5. The maximum Gasteiger partial charge on any atom is 0.315 e. The molecule has 0 saturated carbocycles. The molecule has 1 heterocycles. The summed E-state index contributed by atoms with van der Waals surface area (Å²) >= 11 is 12.0. The number of hydrogen-bond acceptors (Lipinski definition) is 3. The molecule has 0 bridgehead atoms. The third-order valence-corrected chi connectivity index (χ3v) is 6.76. The lowest BCUT2D eigenvalue weighted by atomic mass is 9.99. The second kappa shape index (κ2) is 11.9. The lowest BCUT2D eigenvalue weighted by Crippen LogP contribution is -2.58. The van der Waals surface area contributed by atoms with Gasteiger partial charge >= 0.3 is 6.03 Å². The van der Waals surface area contributed by atoms with Crippen LogP contribution in [0.4, 0.5) is 9.18 Å². The quantitative estimate of drug-likeness (QED) is 0.527. The molecule has 3 atom stereocenters. The molecule has 6 nitrogen and oxygen atoms in total. The normalized spacial score (nSPS) is 19.6. The zero-order chi connectivity index (χ0) is 24.8. The van der Waals surface area contributed by atoms with Gasteiger partial charge in [0.1, 0.15) is 5.82 Å². The summed E-state index contributed by atoms with van der Waals surface area (Å²) in [7, 11) is 0. The number of urea groups is 1. The number of carbonyl (C=O) groups is 2. The molecule has 2 aromatic rings. The van der Waals surface area contributed by atoms with Gasteiger partial charge in [-0.05, 0) is 49.2 Å². The fraction of sp³-hybridized carbons (Fsp3) is 0.440. The van der Waals surface area contributed by atoms with E-state index in [1.165, 1.54) is 17.0 Å². The molecular weight excluding hydrogens is 478 g/mol. The highest BCUT2D eigenvalue weighted by Crippen LogP contribution is 2.28. The maximum atomic E-state index is 13.5. The van der Waals surface area contributed by atoms with Crippen LogP contribution in [0.3, 0.4) is 0 Å². The molecule has 2 aromatic carbocycles. The molecule has 3 rings (SSSR count). The molecule has 2 N–H and O–H groups in total. The minimum atomic E-state index is -0.626. The zero-order valence-electron chi connectivity index (χ0n) is 19.5. The van der Waals surface area contributed by atoms with E-state index in [0.29, 0.717) is 24.7 Å². The van der Waals surface area contributed by atoms with Crippen LogP contribution in [0.25, 0.3) is 0 Å². The summed E-state index contributed by atoms with van der Waals surface area (Å²) in [6.07, 6.45) is 0.0937. The van der Waals surface area contributed by atoms with Gasteiger partial charge in [0.25, 0.3) is 0 Å². The standard InChI is InChI=1S/C25H31Cl2FN4O2/c1-17-15-32(18(2)14-30(17)16-19-3-9-22(28)10-4-19)24(33)13-23(31(12-11-26)25(29)34)20-5-7-21(27)8-6-20/h3-10,17-18,23H,11-16H2,1-2H3,(H2,29,34). The van der Waals surface area contributed by atoms with Gasteiger partial charge < -0.3 is 15.5 Å². The molecule has 0 aromatic heterocycles. The van der Waals surface area contributed by atoms with Crippen molar-refractivity contribution in [1.82, 2.24) is 14.7 Å².